The van der Waals surface area contributed by atoms with Gasteiger partial charge in [0.05, 0.1) is 12.0 Å². The molecule has 1 atom stereocenters. The van der Waals surface area contributed by atoms with Crippen LogP contribution in [0, 0.1) is 0 Å². The number of aryl methyl sites for hydroxylation is 1. The van der Waals surface area contributed by atoms with Gasteiger partial charge in [-0.2, -0.15) is 0 Å². The van der Waals surface area contributed by atoms with Crippen LogP contribution in [0.3, 0.4) is 0 Å². The molecule has 2 aromatic heterocycles. The predicted molar refractivity (Wildman–Crippen MR) is 91.6 cm³/mol. The van der Waals surface area contributed by atoms with E-state index in [-0.39, 0.29) is 17.7 Å². The molecule has 0 aliphatic carbocycles. The minimum atomic E-state index is -0.312. The SMILES string of the molecule is CCc1nc(SCC(=O)NC(c2ccccc2)c2ccco2)n[nH]1. The first-order valence-corrected chi connectivity index (χ1v) is 8.66. The summed E-state index contributed by atoms with van der Waals surface area (Å²) in [6, 6.07) is 13.1. The second-order valence-corrected chi connectivity index (χ2v) is 6.08. The van der Waals surface area contributed by atoms with Crippen LogP contribution in [-0.2, 0) is 11.2 Å². The maximum absolute atomic E-state index is 12.3. The molecular weight excluding hydrogens is 324 g/mol. The van der Waals surface area contributed by atoms with Gasteiger partial charge in [0.15, 0.2) is 0 Å². The summed E-state index contributed by atoms with van der Waals surface area (Å²) in [5, 5.41) is 10.5. The Kier molecular flexibility index (Phi) is 5.32. The van der Waals surface area contributed by atoms with E-state index in [4.69, 9.17) is 4.42 Å². The van der Waals surface area contributed by atoms with E-state index in [1.807, 2.05) is 49.4 Å². The standard InChI is InChI=1S/C17H18N4O2S/c1-2-14-18-17(21-20-14)24-11-15(22)19-16(13-9-6-10-23-13)12-7-4-3-5-8-12/h3-10,16H,2,11H2,1H3,(H,19,22)(H,18,20,21). The topological polar surface area (TPSA) is 83.8 Å². The highest BCUT2D eigenvalue weighted by molar-refractivity contribution is 7.99. The Balaban J connectivity index is 1.65. The lowest BCUT2D eigenvalue weighted by atomic mass is 10.0. The number of aromatic amines is 1. The van der Waals surface area contributed by atoms with Crippen LogP contribution in [-0.4, -0.2) is 26.8 Å². The number of hydrogen-bond acceptors (Lipinski definition) is 5. The molecule has 0 saturated carbocycles. The van der Waals surface area contributed by atoms with E-state index in [1.54, 1.807) is 6.26 Å². The number of rotatable bonds is 7. The van der Waals surface area contributed by atoms with E-state index in [0.29, 0.717) is 10.9 Å². The maximum atomic E-state index is 12.3. The molecule has 2 heterocycles. The van der Waals surface area contributed by atoms with E-state index in [1.165, 1.54) is 11.8 Å². The number of nitrogens with zero attached hydrogens (tertiary/aromatic N) is 2. The Morgan fingerprint density at radius 3 is 2.79 bits per heavy atom. The van der Waals surface area contributed by atoms with Crippen molar-refractivity contribution in [1.82, 2.24) is 20.5 Å². The van der Waals surface area contributed by atoms with Gasteiger partial charge in [-0.25, -0.2) is 4.98 Å². The number of nitrogens with one attached hydrogen (secondary N) is 2. The zero-order chi connectivity index (χ0) is 16.8. The Morgan fingerprint density at radius 2 is 2.12 bits per heavy atom. The lowest BCUT2D eigenvalue weighted by Gasteiger charge is -2.16. The van der Waals surface area contributed by atoms with E-state index in [9.17, 15) is 4.79 Å². The van der Waals surface area contributed by atoms with Gasteiger partial charge < -0.3 is 9.73 Å². The number of aromatic nitrogens is 3. The van der Waals surface area contributed by atoms with Crippen molar-refractivity contribution >= 4 is 17.7 Å². The van der Waals surface area contributed by atoms with Gasteiger partial charge in [0.25, 0.3) is 0 Å². The third-order valence-electron chi connectivity index (χ3n) is 3.44. The van der Waals surface area contributed by atoms with Crippen LogP contribution in [0.1, 0.15) is 30.1 Å². The molecule has 1 amide bonds. The second-order valence-electron chi connectivity index (χ2n) is 5.13. The Morgan fingerprint density at radius 1 is 1.29 bits per heavy atom. The molecule has 0 aliphatic heterocycles. The summed E-state index contributed by atoms with van der Waals surface area (Å²) in [7, 11) is 0. The molecule has 124 valence electrons. The number of benzene rings is 1. The van der Waals surface area contributed by atoms with Crippen molar-refractivity contribution in [2.24, 2.45) is 0 Å². The average molecular weight is 342 g/mol. The zero-order valence-electron chi connectivity index (χ0n) is 13.2. The predicted octanol–water partition coefficient (Wildman–Crippen LogP) is 2.96. The molecule has 6 nitrogen and oxygen atoms in total. The fourth-order valence-electron chi connectivity index (χ4n) is 2.25. The minimum absolute atomic E-state index is 0.104. The van der Waals surface area contributed by atoms with Gasteiger partial charge in [-0.3, -0.25) is 9.89 Å². The smallest absolute Gasteiger partial charge is 0.231 e. The first-order valence-electron chi connectivity index (χ1n) is 7.68. The summed E-state index contributed by atoms with van der Waals surface area (Å²) < 4.78 is 5.48. The molecule has 1 unspecified atom stereocenters. The van der Waals surface area contributed by atoms with Gasteiger partial charge >= 0.3 is 0 Å². The van der Waals surface area contributed by atoms with Gasteiger partial charge in [0.2, 0.25) is 11.1 Å². The monoisotopic (exact) mass is 342 g/mol. The van der Waals surface area contributed by atoms with Crippen molar-refractivity contribution < 1.29 is 9.21 Å². The maximum Gasteiger partial charge on any atom is 0.231 e. The molecule has 1 aromatic carbocycles. The molecule has 0 radical (unpaired) electrons. The molecule has 7 heteroatoms. The number of furan rings is 1. The number of thioether (sulfide) groups is 1. The van der Waals surface area contributed by atoms with Gasteiger partial charge in [-0.1, -0.05) is 49.0 Å². The number of carbonyl (C=O) groups is 1. The van der Waals surface area contributed by atoms with Crippen LogP contribution in [0.2, 0.25) is 0 Å². The van der Waals surface area contributed by atoms with Crippen LogP contribution in [0.15, 0.2) is 58.3 Å². The van der Waals surface area contributed by atoms with Crippen molar-refractivity contribution in [2.45, 2.75) is 24.5 Å². The Hall–Kier alpha value is -2.54. The summed E-state index contributed by atoms with van der Waals surface area (Å²) >= 11 is 1.30. The summed E-state index contributed by atoms with van der Waals surface area (Å²) in [5.41, 5.74) is 0.969. The highest BCUT2D eigenvalue weighted by Crippen LogP contribution is 2.23. The molecule has 24 heavy (non-hydrogen) atoms. The third-order valence-corrected chi connectivity index (χ3v) is 4.29. The largest absolute Gasteiger partial charge is 0.467 e. The molecule has 0 saturated heterocycles. The Labute approximate surface area is 144 Å². The number of amides is 1. The van der Waals surface area contributed by atoms with Crippen LogP contribution < -0.4 is 5.32 Å². The van der Waals surface area contributed by atoms with Gasteiger partial charge in [-0.05, 0) is 17.7 Å². The number of carbonyl (C=O) groups excluding carboxylic acids is 1. The summed E-state index contributed by atoms with van der Waals surface area (Å²) in [4.78, 5) is 16.6. The molecular formula is C17H18N4O2S. The lowest BCUT2D eigenvalue weighted by Crippen LogP contribution is -2.30. The van der Waals surface area contributed by atoms with E-state index >= 15 is 0 Å². The van der Waals surface area contributed by atoms with Crippen LogP contribution in [0.25, 0.3) is 0 Å². The normalized spacial score (nSPS) is 12.0. The molecule has 0 fully saturated rings. The first-order chi connectivity index (χ1) is 11.8. The van der Waals surface area contributed by atoms with Gasteiger partial charge in [-0.15, -0.1) is 5.10 Å². The molecule has 0 bridgehead atoms. The van der Waals surface area contributed by atoms with Gasteiger partial charge in [0.1, 0.15) is 17.6 Å². The van der Waals surface area contributed by atoms with Crippen LogP contribution >= 0.6 is 11.8 Å². The molecule has 3 aromatic rings. The number of hydrogen-bond donors (Lipinski definition) is 2. The third kappa shape index (κ3) is 4.05. The zero-order valence-corrected chi connectivity index (χ0v) is 14.0. The quantitative estimate of drug-likeness (QED) is 0.645. The molecule has 0 aliphatic rings. The number of H-pyrrole nitrogens is 1. The highest BCUT2D eigenvalue weighted by Gasteiger charge is 2.19. The van der Waals surface area contributed by atoms with Crippen molar-refractivity contribution in [3.63, 3.8) is 0 Å². The van der Waals surface area contributed by atoms with Crippen molar-refractivity contribution in [3.05, 3.63) is 65.9 Å². The summed E-state index contributed by atoms with van der Waals surface area (Å²) in [6.45, 7) is 2.00. The Bertz CT molecular complexity index is 771. The fourth-order valence-corrected chi connectivity index (χ4v) is 2.88. The minimum Gasteiger partial charge on any atom is -0.467 e. The second kappa shape index (κ2) is 7.83. The van der Waals surface area contributed by atoms with Crippen LogP contribution in [0.4, 0.5) is 0 Å². The van der Waals surface area contributed by atoms with E-state index < -0.39 is 0 Å². The van der Waals surface area contributed by atoms with Crippen molar-refractivity contribution in [1.29, 1.82) is 0 Å². The first kappa shape index (κ1) is 16.3. The molecule has 3 rings (SSSR count). The fraction of sp³-hybridized carbons (Fsp3) is 0.235. The summed E-state index contributed by atoms with van der Waals surface area (Å²) in [6.07, 6.45) is 2.39. The average Bonchev–Trinajstić information content (AvgIpc) is 3.30. The van der Waals surface area contributed by atoms with Gasteiger partial charge in [0, 0.05) is 6.42 Å². The van der Waals surface area contributed by atoms with E-state index in [0.717, 1.165) is 17.8 Å². The van der Waals surface area contributed by atoms with Crippen LogP contribution in [0.5, 0.6) is 0 Å². The molecule has 2 N–H and O–H groups in total. The highest BCUT2D eigenvalue weighted by atomic mass is 32.2. The summed E-state index contributed by atoms with van der Waals surface area (Å²) in [5.74, 6) is 1.65. The van der Waals surface area contributed by atoms with Crippen molar-refractivity contribution in [2.75, 3.05) is 5.75 Å². The van der Waals surface area contributed by atoms with E-state index in [2.05, 4.69) is 20.5 Å². The lowest BCUT2D eigenvalue weighted by molar-refractivity contribution is -0.119. The van der Waals surface area contributed by atoms with Crippen molar-refractivity contribution in [3.8, 4) is 0 Å². The molecule has 0 spiro atoms.